The summed E-state index contributed by atoms with van der Waals surface area (Å²) in [7, 11) is 0. The van der Waals surface area contributed by atoms with Gasteiger partial charge in [-0.1, -0.05) is 17.3 Å². The second-order valence-electron chi connectivity index (χ2n) is 4.79. The molecule has 0 saturated carbocycles. The maximum Gasteiger partial charge on any atom is 0.123 e. The molecule has 1 aliphatic carbocycles. The largest absolute Gasteiger partial charge is 0.488 e. The second-order valence-corrected chi connectivity index (χ2v) is 4.79. The van der Waals surface area contributed by atoms with Gasteiger partial charge in [-0.3, -0.25) is 0 Å². The van der Waals surface area contributed by atoms with Crippen molar-refractivity contribution in [3.63, 3.8) is 0 Å². The van der Waals surface area contributed by atoms with Gasteiger partial charge in [0.15, 0.2) is 0 Å². The van der Waals surface area contributed by atoms with Crippen molar-refractivity contribution in [3.05, 3.63) is 29.3 Å². The lowest BCUT2D eigenvalue weighted by Crippen LogP contribution is -2.28. The van der Waals surface area contributed by atoms with Crippen molar-refractivity contribution in [1.82, 2.24) is 0 Å². The van der Waals surface area contributed by atoms with E-state index in [1.807, 2.05) is 18.2 Å². The summed E-state index contributed by atoms with van der Waals surface area (Å²) in [4.78, 5) is 0. The van der Waals surface area contributed by atoms with E-state index in [4.69, 9.17) is 14.7 Å². The molecule has 0 aromatic heterocycles. The molecule has 3 rings (SSSR count). The normalized spacial score (nSPS) is 25.1. The van der Waals surface area contributed by atoms with Crippen molar-refractivity contribution >= 4 is 5.71 Å². The lowest BCUT2D eigenvalue weighted by Gasteiger charge is -2.24. The fraction of sp³-hybridized carbons (Fsp3) is 0.500. The van der Waals surface area contributed by atoms with Crippen molar-refractivity contribution in [1.29, 1.82) is 0 Å². The molecule has 1 N–H and O–H groups in total. The summed E-state index contributed by atoms with van der Waals surface area (Å²) in [5.74, 6) is 0.918. The molecule has 1 atom stereocenters. The molecular weight excluding hydrogens is 230 g/mol. The molecule has 4 nitrogen and oxygen atoms in total. The van der Waals surface area contributed by atoms with Gasteiger partial charge in [0, 0.05) is 17.7 Å². The number of nitrogens with zero attached hydrogens (tertiary/aromatic N) is 1. The Kier molecular flexibility index (Phi) is 3.19. The van der Waals surface area contributed by atoms with Crippen LogP contribution < -0.4 is 4.74 Å². The molecule has 1 aliphatic heterocycles. The van der Waals surface area contributed by atoms with Crippen molar-refractivity contribution < 1.29 is 14.7 Å². The maximum atomic E-state index is 8.95. The van der Waals surface area contributed by atoms with E-state index in [1.54, 1.807) is 0 Å². The topological polar surface area (TPSA) is 51.1 Å². The van der Waals surface area contributed by atoms with Crippen LogP contribution in [-0.2, 0) is 11.2 Å². The van der Waals surface area contributed by atoms with Gasteiger partial charge >= 0.3 is 0 Å². The number of hydrogen-bond acceptors (Lipinski definition) is 4. The predicted molar refractivity (Wildman–Crippen MR) is 67.6 cm³/mol. The van der Waals surface area contributed by atoms with E-state index in [0.717, 1.165) is 54.9 Å². The molecule has 4 heteroatoms. The summed E-state index contributed by atoms with van der Waals surface area (Å²) in [6.07, 6.45) is 3.93. The summed E-state index contributed by atoms with van der Waals surface area (Å²) >= 11 is 0. The van der Waals surface area contributed by atoms with E-state index in [9.17, 15) is 0 Å². The number of fused-ring (bicyclic) bond motifs is 1. The molecule has 0 radical (unpaired) electrons. The van der Waals surface area contributed by atoms with Gasteiger partial charge in [0.05, 0.1) is 12.3 Å². The average molecular weight is 247 g/mol. The van der Waals surface area contributed by atoms with Crippen molar-refractivity contribution in [2.24, 2.45) is 5.16 Å². The Labute approximate surface area is 106 Å². The summed E-state index contributed by atoms with van der Waals surface area (Å²) in [5.41, 5.74) is 2.94. The minimum absolute atomic E-state index is 0.153. The molecule has 0 amide bonds. The highest BCUT2D eigenvalue weighted by atomic mass is 16.5. The summed E-state index contributed by atoms with van der Waals surface area (Å²) < 4.78 is 11.5. The minimum atomic E-state index is 0.153. The van der Waals surface area contributed by atoms with Crippen LogP contribution in [0.1, 0.15) is 30.4 Å². The Hall–Kier alpha value is -1.55. The van der Waals surface area contributed by atoms with Gasteiger partial charge in [0.25, 0.3) is 0 Å². The molecule has 0 spiro atoms. The first kappa shape index (κ1) is 11.5. The van der Waals surface area contributed by atoms with Crippen LogP contribution in [0.15, 0.2) is 23.4 Å². The van der Waals surface area contributed by atoms with Crippen LogP contribution in [0.4, 0.5) is 0 Å². The Morgan fingerprint density at radius 2 is 2.28 bits per heavy atom. The van der Waals surface area contributed by atoms with Gasteiger partial charge < -0.3 is 14.7 Å². The molecule has 1 fully saturated rings. The Morgan fingerprint density at radius 3 is 3.06 bits per heavy atom. The third-order valence-corrected chi connectivity index (χ3v) is 3.59. The minimum Gasteiger partial charge on any atom is -0.488 e. The van der Waals surface area contributed by atoms with Gasteiger partial charge in [-0.25, -0.2) is 0 Å². The molecule has 1 saturated heterocycles. The first-order valence-electron chi connectivity index (χ1n) is 6.46. The van der Waals surface area contributed by atoms with Crippen LogP contribution in [0.3, 0.4) is 0 Å². The Morgan fingerprint density at radius 1 is 1.33 bits per heavy atom. The third kappa shape index (κ3) is 2.08. The van der Waals surface area contributed by atoms with Gasteiger partial charge in [0.2, 0.25) is 0 Å². The molecule has 2 aliphatic rings. The summed E-state index contributed by atoms with van der Waals surface area (Å²) in [6.45, 7) is 1.51. The highest BCUT2D eigenvalue weighted by Gasteiger charge is 2.24. The Balaban J connectivity index is 1.83. The highest BCUT2D eigenvalue weighted by Crippen LogP contribution is 2.32. The molecule has 1 aromatic carbocycles. The first-order chi connectivity index (χ1) is 8.88. The van der Waals surface area contributed by atoms with E-state index in [2.05, 4.69) is 5.16 Å². The number of rotatable bonds is 2. The van der Waals surface area contributed by atoms with Crippen LogP contribution in [0.2, 0.25) is 0 Å². The quantitative estimate of drug-likeness (QED) is 0.644. The van der Waals surface area contributed by atoms with Gasteiger partial charge in [-0.15, -0.1) is 0 Å². The van der Waals surface area contributed by atoms with Crippen LogP contribution >= 0.6 is 0 Å². The molecule has 1 heterocycles. The van der Waals surface area contributed by atoms with Crippen LogP contribution in [0.5, 0.6) is 5.75 Å². The fourth-order valence-corrected chi connectivity index (χ4v) is 2.67. The third-order valence-electron chi connectivity index (χ3n) is 3.59. The van der Waals surface area contributed by atoms with E-state index < -0.39 is 0 Å². The second kappa shape index (κ2) is 4.98. The van der Waals surface area contributed by atoms with Gasteiger partial charge in [-0.2, -0.15) is 0 Å². The van der Waals surface area contributed by atoms with Gasteiger partial charge in [-0.05, 0) is 31.7 Å². The summed E-state index contributed by atoms with van der Waals surface area (Å²) in [5, 5.41) is 12.3. The van der Waals surface area contributed by atoms with Gasteiger partial charge in [0.1, 0.15) is 11.9 Å². The van der Waals surface area contributed by atoms with Crippen LogP contribution in [0.25, 0.3) is 0 Å². The number of ether oxygens (including phenoxy) is 2. The molecular formula is C14H17NO3. The highest BCUT2D eigenvalue weighted by molar-refractivity contribution is 6.04. The van der Waals surface area contributed by atoms with Crippen LogP contribution in [-0.4, -0.2) is 30.2 Å². The number of benzene rings is 1. The van der Waals surface area contributed by atoms with Crippen LogP contribution in [0, 0.1) is 0 Å². The van der Waals surface area contributed by atoms with E-state index in [0.29, 0.717) is 6.61 Å². The van der Waals surface area contributed by atoms with E-state index >= 15 is 0 Å². The molecule has 1 aromatic rings. The monoisotopic (exact) mass is 247 g/mol. The predicted octanol–water partition coefficient (Wildman–Crippen LogP) is 2.37. The zero-order chi connectivity index (χ0) is 12.4. The Bertz CT molecular complexity index is 464. The fourth-order valence-electron chi connectivity index (χ4n) is 2.67. The number of hydrogen-bond donors (Lipinski definition) is 1. The smallest absolute Gasteiger partial charge is 0.123 e. The van der Waals surface area contributed by atoms with Crippen molar-refractivity contribution in [2.75, 3.05) is 13.2 Å². The average Bonchev–Trinajstić information content (AvgIpc) is 2.84. The lowest BCUT2D eigenvalue weighted by molar-refractivity contribution is 0.00708. The summed E-state index contributed by atoms with van der Waals surface area (Å²) in [6, 6.07) is 5.93. The van der Waals surface area contributed by atoms with E-state index in [-0.39, 0.29) is 6.10 Å². The molecule has 0 bridgehead atoms. The molecule has 18 heavy (non-hydrogen) atoms. The van der Waals surface area contributed by atoms with E-state index in [1.165, 1.54) is 0 Å². The molecule has 1 unspecified atom stereocenters. The molecule has 96 valence electrons. The SMILES string of the molecule is O/N=C1/CCc2c(OC3CCCOC3)cccc21. The number of oxime groups is 1. The van der Waals surface area contributed by atoms with Crippen molar-refractivity contribution in [3.8, 4) is 5.75 Å². The first-order valence-corrected chi connectivity index (χ1v) is 6.46. The zero-order valence-corrected chi connectivity index (χ0v) is 10.3. The standard InChI is InChI=1S/C14H17NO3/c16-15-13-7-6-12-11(13)4-1-5-14(12)18-10-3-2-8-17-9-10/h1,4-5,10,16H,2-3,6-9H2/b15-13-. The lowest BCUT2D eigenvalue weighted by atomic mass is 10.1. The van der Waals surface area contributed by atoms with Crippen molar-refractivity contribution in [2.45, 2.75) is 31.8 Å². The maximum absolute atomic E-state index is 8.95. The zero-order valence-electron chi connectivity index (χ0n) is 10.3.